The van der Waals surface area contributed by atoms with E-state index in [0.717, 1.165) is 18.9 Å². The molecule has 1 fully saturated rings. The summed E-state index contributed by atoms with van der Waals surface area (Å²) in [6.45, 7) is 4.67. The van der Waals surface area contributed by atoms with Crippen molar-refractivity contribution in [2.75, 3.05) is 29.9 Å². The Hall–Kier alpha value is -1.85. The van der Waals surface area contributed by atoms with E-state index in [4.69, 9.17) is 11.6 Å². The van der Waals surface area contributed by atoms with Crippen LogP contribution in [0.1, 0.15) is 31.4 Å². The molecule has 6 heteroatoms. The van der Waals surface area contributed by atoms with Crippen LogP contribution in [-0.4, -0.2) is 34.7 Å². The minimum Gasteiger partial charge on any atom is -0.387 e. The quantitative estimate of drug-likeness (QED) is 0.867. The zero-order chi connectivity index (χ0) is 16.9. The number of piperidine rings is 1. The summed E-state index contributed by atoms with van der Waals surface area (Å²) in [6, 6.07) is 9.26. The van der Waals surface area contributed by atoms with E-state index in [2.05, 4.69) is 27.1 Å². The second-order valence-corrected chi connectivity index (χ2v) is 6.78. The second-order valence-electron chi connectivity index (χ2n) is 6.37. The van der Waals surface area contributed by atoms with Gasteiger partial charge in [0.05, 0.1) is 6.10 Å². The Morgan fingerprint density at radius 2 is 2.21 bits per heavy atom. The number of halogens is 1. The van der Waals surface area contributed by atoms with E-state index in [1.165, 1.54) is 12.8 Å². The van der Waals surface area contributed by atoms with Crippen LogP contribution in [0, 0.1) is 5.92 Å². The topological polar surface area (TPSA) is 61.3 Å². The van der Waals surface area contributed by atoms with Crippen molar-refractivity contribution in [1.29, 1.82) is 0 Å². The molecule has 24 heavy (non-hydrogen) atoms. The monoisotopic (exact) mass is 346 g/mol. The van der Waals surface area contributed by atoms with Crippen molar-refractivity contribution >= 4 is 23.2 Å². The smallest absolute Gasteiger partial charge is 0.134 e. The van der Waals surface area contributed by atoms with Crippen molar-refractivity contribution in [2.45, 2.75) is 25.9 Å². The second kappa shape index (κ2) is 7.81. The zero-order valence-corrected chi connectivity index (χ0v) is 14.6. The van der Waals surface area contributed by atoms with Gasteiger partial charge in [-0.15, -0.1) is 0 Å². The number of nitrogens with one attached hydrogen (secondary N) is 1. The molecule has 1 aromatic heterocycles. The maximum absolute atomic E-state index is 10.3. The van der Waals surface area contributed by atoms with Gasteiger partial charge in [0.1, 0.15) is 18.0 Å². The molecule has 2 unspecified atom stereocenters. The number of aliphatic hydroxyl groups excluding tert-OH is 1. The Morgan fingerprint density at radius 3 is 3.00 bits per heavy atom. The number of rotatable bonds is 5. The van der Waals surface area contributed by atoms with E-state index in [9.17, 15) is 5.11 Å². The molecule has 128 valence electrons. The molecule has 3 rings (SSSR count). The van der Waals surface area contributed by atoms with Crippen LogP contribution in [0.5, 0.6) is 0 Å². The number of aliphatic hydroxyl groups is 1. The van der Waals surface area contributed by atoms with Crippen molar-refractivity contribution < 1.29 is 5.11 Å². The average molecular weight is 347 g/mol. The van der Waals surface area contributed by atoms with Crippen LogP contribution in [0.15, 0.2) is 36.7 Å². The lowest BCUT2D eigenvalue weighted by molar-refractivity contribution is 0.191. The fraction of sp³-hybridized carbons (Fsp3) is 0.444. The Balaban J connectivity index is 1.63. The van der Waals surface area contributed by atoms with Gasteiger partial charge in [-0.3, -0.25) is 0 Å². The van der Waals surface area contributed by atoms with Gasteiger partial charge >= 0.3 is 0 Å². The predicted molar refractivity (Wildman–Crippen MR) is 97.5 cm³/mol. The molecule has 2 N–H and O–H groups in total. The number of benzene rings is 1. The van der Waals surface area contributed by atoms with E-state index >= 15 is 0 Å². The molecule has 5 nitrogen and oxygen atoms in total. The molecule has 1 aromatic carbocycles. The molecule has 1 aliphatic heterocycles. The van der Waals surface area contributed by atoms with Crippen LogP contribution < -0.4 is 10.2 Å². The maximum Gasteiger partial charge on any atom is 0.134 e. The number of anilines is 2. The van der Waals surface area contributed by atoms with Crippen molar-refractivity contribution in [2.24, 2.45) is 5.92 Å². The van der Waals surface area contributed by atoms with Crippen molar-refractivity contribution in [3.05, 3.63) is 47.2 Å². The average Bonchev–Trinajstić information content (AvgIpc) is 2.60. The molecule has 0 aliphatic carbocycles. The number of aromatic nitrogens is 2. The fourth-order valence-electron chi connectivity index (χ4n) is 3.07. The molecule has 2 heterocycles. The Kier molecular flexibility index (Phi) is 5.53. The van der Waals surface area contributed by atoms with E-state index < -0.39 is 6.10 Å². The van der Waals surface area contributed by atoms with Crippen LogP contribution >= 0.6 is 11.6 Å². The summed E-state index contributed by atoms with van der Waals surface area (Å²) < 4.78 is 0. The number of hydrogen-bond donors (Lipinski definition) is 2. The third-order valence-electron chi connectivity index (χ3n) is 4.37. The first-order valence-electron chi connectivity index (χ1n) is 8.37. The Morgan fingerprint density at radius 1 is 1.38 bits per heavy atom. The highest BCUT2D eigenvalue weighted by molar-refractivity contribution is 6.31. The van der Waals surface area contributed by atoms with Crippen LogP contribution in [0.2, 0.25) is 5.02 Å². The first-order chi connectivity index (χ1) is 11.6. The largest absolute Gasteiger partial charge is 0.387 e. The van der Waals surface area contributed by atoms with Crippen LogP contribution in [0.25, 0.3) is 0 Å². The van der Waals surface area contributed by atoms with Gasteiger partial charge in [-0.1, -0.05) is 36.7 Å². The predicted octanol–water partition coefficient (Wildman–Crippen LogP) is 3.51. The summed E-state index contributed by atoms with van der Waals surface area (Å²) >= 11 is 6.12. The molecule has 2 aromatic rings. The normalized spacial score (nSPS) is 19.1. The summed E-state index contributed by atoms with van der Waals surface area (Å²) in [7, 11) is 0. The minimum absolute atomic E-state index is 0.344. The molecular formula is C18H23ClN4O. The number of nitrogens with zero attached hydrogens (tertiary/aromatic N) is 3. The van der Waals surface area contributed by atoms with Crippen molar-refractivity contribution in [1.82, 2.24) is 9.97 Å². The Bertz CT molecular complexity index is 682. The standard InChI is InChI=1S/C18H23ClN4O/c1-13-5-4-8-23(11-13)18-9-17(21-12-22-18)20-10-16(24)14-6-2-3-7-15(14)19/h2-3,6-7,9,12-13,16,24H,4-5,8,10-11H2,1H3,(H,20,21,22). The zero-order valence-electron chi connectivity index (χ0n) is 13.8. The summed E-state index contributed by atoms with van der Waals surface area (Å²) in [5, 5.41) is 14.1. The molecular weight excluding hydrogens is 324 g/mol. The summed E-state index contributed by atoms with van der Waals surface area (Å²) in [5.41, 5.74) is 0.714. The Labute approximate surface area is 147 Å². The molecule has 2 atom stereocenters. The van der Waals surface area contributed by atoms with Crippen molar-refractivity contribution in [3.8, 4) is 0 Å². The highest BCUT2D eigenvalue weighted by Crippen LogP contribution is 2.24. The maximum atomic E-state index is 10.3. The molecule has 0 bridgehead atoms. The van der Waals surface area contributed by atoms with Gasteiger partial charge in [-0.05, 0) is 24.8 Å². The summed E-state index contributed by atoms with van der Waals surface area (Å²) in [4.78, 5) is 10.9. The molecule has 1 aliphatic rings. The lowest BCUT2D eigenvalue weighted by Crippen LogP contribution is -2.34. The number of hydrogen-bond acceptors (Lipinski definition) is 5. The van der Waals surface area contributed by atoms with E-state index in [1.807, 2.05) is 24.3 Å². The van der Waals surface area contributed by atoms with Gasteiger partial charge in [0.15, 0.2) is 0 Å². The highest BCUT2D eigenvalue weighted by atomic mass is 35.5. The van der Waals surface area contributed by atoms with E-state index in [0.29, 0.717) is 28.9 Å². The highest BCUT2D eigenvalue weighted by Gasteiger charge is 2.18. The lowest BCUT2D eigenvalue weighted by atomic mass is 10.0. The molecule has 0 radical (unpaired) electrons. The first-order valence-corrected chi connectivity index (χ1v) is 8.74. The first kappa shape index (κ1) is 17.0. The summed E-state index contributed by atoms with van der Waals surface area (Å²) in [6.07, 6.45) is 3.35. The van der Waals surface area contributed by atoms with Crippen LogP contribution in [-0.2, 0) is 0 Å². The molecule has 0 amide bonds. The fourth-order valence-corrected chi connectivity index (χ4v) is 3.33. The van der Waals surface area contributed by atoms with E-state index in [1.54, 1.807) is 12.4 Å². The van der Waals surface area contributed by atoms with Crippen LogP contribution in [0.3, 0.4) is 0 Å². The summed E-state index contributed by atoms with van der Waals surface area (Å²) in [5.74, 6) is 2.34. The third kappa shape index (κ3) is 4.16. The SMILES string of the molecule is CC1CCCN(c2cc(NCC(O)c3ccccc3Cl)ncn2)C1. The van der Waals surface area contributed by atoms with Gasteiger partial charge < -0.3 is 15.3 Å². The molecule has 0 saturated carbocycles. The molecule has 1 saturated heterocycles. The van der Waals surface area contributed by atoms with Crippen LogP contribution in [0.4, 0.5) is 11.6 Å². The lowest BCUT2D eigenvalue weighted by Gasteiger charge is -2.31. The van der Waals surface area contributed by atoms with Gasteiger partial charge in [0, 0.05) is 36.3 Å². The third-order valence-corrected chi connectivity index (χ3v) is 4.72. The van der Waals surface area contributed by atoms with Crippen molar-refractivity contribution in [3.63, 3.8) is 0 Å². The minimum atomic E-state index is -0.688. The van der Waals surface area contributed by atoms with Gasteiger partial charge in [-0.25, -0.2) is 9.97 Å². The van der Waals surface area contributed by atoms with Gasteiger partial charge in [0.2, 0.25) is 0 Å². The van der Waals surface area contributed by atoms with Gasteiger partial charge in [0.25, 0.3) is 0 Å². The molecule has 0 spiro atoms. The van der Waals surface area contributed by atoms with Gasteiger partial charge in [-0.2, -0.15) is 0 Å². The van der Waals surface area contributed by atoms with E-state index in [-0.39, 0.29) is 0 Å².